The van der Waals surface area contributed by atoms with Crippen molar-refractivity contribution < 1.29 is 14.2 Å². The van der Waals surface area contributed by atoms with Crippen LogP contribution in [-0.2, 0) is 14.2 Å². The molecule has 0 aromatic heterocycles. The summed E-state index contributed by atoms with van der Waals surface area (Å²) in [6.45, 7) is 5.15. The van der Waals surface area contributed by atoms with Crippen LogP contribution in [0, 0.1) is 5.92 Å². The van der Waals surface area contributed by atoms with Crippen LogP contribution in [0.5, 0.6) is 0 Å². The predicted molar refractivity (Wildman–Crippen MR) is 93.9 cm³/mol. The van der Waals surface area contributed by atoms with E-state index in [2.05, 4.69) is 13.8 Å². The summed E-state index contributed by atoms with van der Waals surface area (Å²) in [6, 6.07) is 0. The molecule has 0 aromatic rings. The summed E-state index contributed by atoms with van der Waals surface area (Å²) in [5.41, 5.74) is 0. The normalized spacial score (nSPS) is 13.1. The van der Waals surface area contributed by atoms with Gasteiger partial charge in [-0.25, -0.2) is 0 Å². The van der Waals surface area contributed by atoms with Crippen molar-refractivity contribution in [2.24, 2.45) is 5.92 Å². The Hall–Kier alpha value is -0.540. The van der Waals surface area contributed by atoms with Crippen molar-refractivity contribution >= 4 is 0 Å². The van der Waals surface area contributed by atoms with Crippen molar-refractivity contribution in [1.29, 1.82) is 0 Å². The lowest BCUT2D eigenvalue weighted by molar-refractivity contribution is -0.141. The van der Waals surface area contributed by atoms with E-state index in [9.17, 15) is 0 Å². The van der Waals surface area contributed by atoms with Crippen LogP contribution in [0.3, 0.4) is 0 Å². The fourth-order valence-electron chi connectivity index (χ4n) is 2.75. The molecule has 0 spiro atoms. The van der Waals surface area contributed by atoms with E-state index in [0.717, 1.165) is 25.9 Å². The monoisotopic (exact) mass is 314 g/mol. The minimum absolute atomic E-state index is 0.0816. The molecule has 0 rings (SSSR count). The number of ether oxygens (including phenoxy) is 3. The molecule has 0 amide bonds. The lowest BCUT2D eigenvalue weighted by Crippen LogP contribution is -2.25. The van der Waals surface area contributed by atoms with Gasteiger partial charge in [0.2, 0.25) is 0 Å². The van der Waals surface area contributed by atoms with Crippen molar-refractivity contribution in [1.82, 2.24) is 0 Å². The molecule has 0 N–H and O–H groups in total. The average Bonchev–Trinajstić information content (AvgIpc) is 2.54. The van der Waals surface area contributed by atoms with Crippen molar-refractivity contribution in [3.8, 4) is 0 Å². The maximum Gasteiger partial charge on any atom is 0.159 e. The van der Waals surface area contributed by atoms with Crippen LogP contribution >= 0.6 is 0 Å². The number of methoxy groups -OCH3 is 2. The quantitative estimate of drug-likeness (QED) is 0.208. The second-order valence-corrected chi connectivity index (χ2v) is 5.95. The fraction of sp³-hybridized carbons (Fsp3) is 0.895. The molecule has 0 saturated carbocycles. The predicted octanol–water partition coefficient (Wildman–Crippen LogP) is 5.69. The summed E-state index contributed by atoms with van der Waals surface area (Å²) in [6.07, 6.45) is 16.1. The third-order valence-electron chi connectivity index (χ3n) is 4.04. The highest BCUT2D eigenvalue weighted by atomic mass is 16.7. The van der Waals surface area contributed by atoms with Crippen molar-refractivity contribution in [2.45, 2.75) is 84.3 Å². The molecule has 3 heteroatoms. The van der Waals surface area contributed by atoms with Gasteiger partial charge in [0.15, 0.2) is 6.29 Å². The molecule has 0 fully saturated rings. The third-order valence-corrected chi connectivity index (χ3v) is 4.04. The molecular formula is C19H38O3. The van der Waals surface area contributed by atoms with E-state index in [1.165, 1.54) is 44.9 Å². The van der Waals surface area contributed by atoms with Crippen LogP contribution in [0.25, 0.3) is 0 Å². The van der Waals surface area contributed by atoms with E-state index < -0.39 is 0 Å². The van der Waals surface area contributed by atoms with Crippen molar-refractivity contribution in [3.63, 3.8) is 0 Å². The first-order valence-corrected chi connectivity index (χ1v) is 9.12. The average molecular weight is 315 g/mol. The molecule has 0 bridgehead atoms. The molecule has 0 radical (unpaired) electrons. The van der Waals surface area contributed by atoms with Gasteiger partial charge in [0, 0.05) is 20.1 Å². The second kappa shape index (κ2) is 16.8. The van der Waals surface area contributed by atoms with Gasteiger partial charge in [0.05, 0.1) is 12.9 Å². The van der Waals surface area contributed by atoms with Gasteiger partial charge in [0.25, 0.3) is 0 Å². The summed E-state index contributed by atoms with van der Waals surface area (Å²) < 4.78 is 16.4. The minimum Gasteiger partial charge on any atom is -0.502 e. The van der Waals surface area contributed by atoms with E-state index in [0.29, 0.717) is 5.92 Å². The smallest absolute Gasteiger partial charge is 0.159 e. The summed E-state index contributed by atoms with van der Waals surface area (Å²) in [7, 11) is 3.48. The zero-order chi connectivity index (χ0) is 16.5. The van der Waals surface area contributed by atoms with Crippen LogP contribution in [-0.4, -0.2) is 27.1 Å². The van der Waals surface area contributed by atoms with Gasteiger partial charge >= 0.3 is 0 Å². The Labute approximate surface area is 138 Å². The molecular weight excluding hydrogens is 276 g/mol. The van der Waals surface area contributed by atoms with Gasteiger partial charge in [-0.3, -0.25) is 0 Å². The molecule has 1 unspecified atom stereocenters. The summed E-state index contributed by atoms with van der Waals surface area (Å²) in [5.74, 6) is 0.472. The first kappa shape index (κ1) is 21.5. The highest BCUT2D eigenvalue weighted by molar-refractivity contribution is 4.71. The van der Waals surface area contributed by atoms with Gasteiger partial charge < -0.3 is 14.2 Å². The van der Waals surface area contributed by atoms with Crippen LogP contribution < -0.4 is 0 Å². The molecule has 132 valence electrons. The highest BCUT2D eigenvalue weighted by Gasteiger charge is 2.20. The molecule has 0 aliphatic heterocycles. The maximum absolute atomic E-state index is 5.48. The molecule has 22 heavy (non-hydrogen) atoms. The standard InChI is InChI=1S/C19H38O3/c1-5-7-9-10-11-12-14-18(19(20-3)21-4)15-13-17-22-16-8-6-2/h8,16,18-19H,5-7,9-15,17H2,1-4H3. The number of rotatable bonds is 16. The number of hydrogen-bond donors (Lipinski definition) is 0. The number of unbranched alkanes of at least 4 members (excludes halogenated alkanes) is 5. The molecule has 3 nitrogen and oxygen atoms in total. The number of hydrogen-bond acceptors (Lipinski definition) is 3. The van der Waals surface area contributed by atoms with E-state index in [-0.39, 0.29) is 6.29 Å². The van der Waals surface area contributed by atoms with Gasteiger partial charge in [-0.15, -0.1) is 0 Å². The van der Waals surface area contributed by atoms with E-state index >= 15 is 0 Å². The zero-order valence-electron chi connectivity index (χ0n) is 15.3. The highest BCUT2D eigenvalue weighted by Crippen LogP contribution is 2.22. The number of allylic oxidation sites excluding steroid dienone is 1. The van der Waals surface area contributed by atoms with E-state index in [4.69, 9.17) is 14.2 Å². The summed E-state index contributed by atoms with van der Waals surface area (Å²) in [4.78, 5) is 0. The Kier molecular flexibility index (Phi) is 16.4. The Morgan fingerprint density at radius 1 is 0.818 bits per heavy atom. The largest absolute Gasteiger partial charge is 0.502 e. The zero-order valence-corrected chi connectivity index (χ0v) is 15.3. The second-order valence-electron chi connectivity index (χ2n) is 5.95. The van der Waals surface area contributed by atoms with Gasteiger partial charge in [0.1, 0.15) is 0 Å². The van der Waals surface area contributed by atoms with Crippen molar-refractivity contribution in [3.05, 3.63) is 12.3 Å². The molecule has 0 aliphatic carbocycles. The lowest BCUT2D eigenvalue weighted by Gasteiger charge is -2.24. The topological polar surface area (TPSA) is 27.7 Å². The van der Waals surface area contributed by atoms with Crippen LogP contribution in [0.15, 0.2) is 12.3 Å². The van der Waals surface area contributed by atoms with Crippen molar-refractivity contribution in [2.75, 3.05) is 20.8 Å². The lowest BCUT2D eigenvalue weighted by atomic mass is 9.95. The van der Waals surface area contributed by atoms with Gasteiger partial charge in [-0.2, -0.15) is 0 Å². The molecule has 1 atom stereocenters. The van der Waals surface area contributed by atoms with E-state index in [1.807, 2.05) is 12.3 Å². The van der Waals surface area contributed by atoms with Gasteiger partial charge in [-0.05, 0) is 25.7 Å². The minimum atomic E-state index is -0.0816. The third kappa shape index (κ3) is 12.0. The fourth-order valence-corrected chi connectivity index (χ4v) is 2.75. The SMILES string of the molecule is CCC=COCCCC(CCCCCCCC)C(OC)OC. The maximum atomic E-state index is 5.48. The summed E-state index contributed by atoms with van der Waals surface area (Å²) in [5, 5.41) is 0. The Morgan fingerprint density at radius 3 is 2.09 bits per heavy atom. The molecule has 0 aliphatic rings. The molecule has 0 heterocycles. The van der Waals surface area contributed by atoms with E-state index in [1.54, 1.807) is 14.2 Å². The first-order chi connectivity index (χ1) is 10.8. The molecule has 0 saturated heterocycles. The van der Waals surface area contributed by atoms with Crippen LogP contribution in [0.1, 0.15) is 78.1 Å². The Morgan fingerprint density at radius 2 is 1.45 bits per heavy atom. The Balaban J connectivity index is 3.92. The van der Waals surface area contributed by atoms with Crippen LogP contribution in [0.2, 0.25) is 0 Å². The Bertz CT molecular complexity index is 237. The summed E-state index contributed by atoms with van der Waals surface area (Å²) >= 11 is 0. The first-order valence-electron chi connectivity index (χ1n) is 9.12. The molecule has 0 aromatic carbocycles. The van der Waals surface area contributed by atoms with Crippen LogP contribution in [0.4, 0.5) is 0 Å². The van der Waals surface area contributed by atoms with Gasteiger partial charge in [-0.1, -0.05) is 58.4 Å².